The monoisotopic (exact) mass is 286 g/mol. The second kappa shape index (κ2) is 4.94. The molecule has 3 fully saturated rings. The molecule has 20 heavy (non-hydrogen) atoms. The van der Waals surface area contributed by atoms with E-state index in [1.165, 1.54) is 0 Å². The van der Waals surface area contributed by atoms with Gasteiger partial charge in [-0.2, -0.15) is 0 Å². The molecule has 1 N–H and O–H groups in total. The summed E-state index contributed by atoms with van der Waals surface area (Å²) in [7, 11) is 1.54. The topological polar surface area (TPSA) is 74.2 Å². The van der Waals surface area contributed by atoms with Crippen molar-refractivity contribution in [2.45, 2.75) is 56.2 Å². The van der Waals surface area contributed by atoms with Crippen molar-refractivity contribution >= 4 is 5.97 Å². The predicted octanol–water partition coefficient (Wildman–Crippen LogP) is 0.611. The summed E-state index contributed by atoms with van der Waals surface area (Å²) in [6.07, 6.45) is 2.31. The first kappa shape index (κ1) is 14.3. The third-order valence-corrected chi connectivity index (χ3v) is 4.76. The van der Waals surface area contributed by atoms with Gasteiger partial charge in [0, 0.05) is 13.5 Å². The molecule has 0 unspecified atom stereocenters. The molecule has 3 heterocycles. The number of carbonyl (C=O) groups excluding carboxylic acids is 1. The first-order chi connectivity index (χ1) is 9.59. The Hall–Kier alpha value is -0.690. The van der Waals surface area contributed by atoms with Gasteiger partial charge in [0.2, 0.25) is 0 Å². The lowest BCUT2D eigenvalue weighted by Gasteiger charge is -2.32. The minimum atomic E-state index is -1.03. The van der Waals surface area contributed by atoms with Crippen molar-refractivity contribution in [2.75, 3.05) is 20.3 Å². The Morgan fingerprint density at radius 1 is 1.45 bits per heavy atom. The largest absolute Gasteiger partial charge is 0.462 e. The molecular formula is C14H22O6. The molecule has 3 aliphatic heterocycles. The second-order valence-electron chi connectivity index (χ2n) is 5.89. The number of aliphatic hydroxyl groups excluding tert-OH is 1. The van der Waals surface area contributed by atoms with Gasteiger partial charge in [-0.25, -0.2) is 0 Å². The van der Waals surface area contributed by atoms with Gasteiger partial charge in [-0.3, -0.25) is 4.79 Å². The van der Waals surface area contributed by atoms with Crippen molar-refractivity contribution in [3.8, 4) is 0 Å². The Kier molecular flexibility index (Phi) is 3.52. The smallest absolute Gasteiger partial charge is 0.317 e. The SMILES string of the molecule is CCCCC[C@@]1(OC)O[C@H]2[C@H](O)CO[C@]23COC(=O)[C@H]13. The molecular weight excluding hydrogens is 264 g/mol. The standard InChI is InChI=1S/C14H22O6/c1-3-4-5-6-14(17-2)10-12(16)18-8-13(10)11(20-14)9(15)7-19-13/h9-11,15H,3-8H2,1-2H3/t9-,10+,11+,13+,14-/m1/s1. The Morgan fingerprint density at radius 2 is 2.25 bits per heavy atom. The van der Waals surface area contributed by atoms with Crippen molar-refractivity contribution in [3.63, 3.8) is 0 Å². The van der Waals surface area contributed by atoms with E-state index in [1.54, 1.807) is 7.11 Å². The van der Waals surface area contributed by atoms with Gasteiger partial charge >= 0.3 is 5.97 Å². The zero-order valence-corrected chi connectivity index (χ0v) is 12.0. The molecule has 6 heteroatoms. The molecule has 0 bridgehead atoms. The molecule has 114 valence electrons. The van der Waals surface area contributed by atoms with E-state index in [0.29, 0.717) is 6.42 Å². The summed E-state index contributed by atoms with van der Waals surface area (Å²) in [4.78, 5) is 12.2. The van der Waals surface area contributed by atoms with Crippen LogP contribution in [-0.2, 0) is 23.7 Å². The highest BCUT2D eigenvalue weighted by Crippen LogP contribution is 2.55. The summed E-state index contributed by atoms with van der Waals surface area (Å²) in [6.45, 7) is 2.42. The molecule has 1 spiro atoms. The number of methoxy groups -OCH3 is 1. The van der Waals surface area contributed by atoms with Gasteiger partial charge in [0.15, 0.2) is 5.79 Å². The first-order valence-corrected chi connectivity index (χ1v) is 7.31. The number of hydrogen-bond acceptors (Lipinski definition) is 6. The van der Waals surface area contributed by atoms with Crippen molar-refractivity contribution in [3.05, 3.63) is 0 Å². The van der Waals surface area contributed by atoms with Crippen LogP contribution in [0.15, 0.2) is 0 Å². The van der Waals surface area contributed by atoms with Gasteiger partial charge in [-0.15, -0.1) is 0 Å². The molecule has 0 amide bonds. The summed E-state index contributed by atoms with van der Waals surface area (Å²) in [5, 5.41) is 10.1. The number of rotatable bonds is 5. The van der Waals surface area contributed by atoms with Crippen LogP contribution < -0.4 is 0 Å². The second-order valence-corrected chi connectivity index (χ2v) is 5.89. The fraction of sp³-hybridized carbons (Fsp3) is 0.929. The quantitative estimate of drug-likeness (QED) is 0.589. The van der Waals surface area contributed by atoms with E-state index in [9.17, 15) is 9.90 Å². The van der Waals surface area contributed by atoms with E-state index in [1.807, 2.05) is 0 Å². The van der Waals surface area contributed by atoms with Crippen LogP contribution in [-0.4, -0.2) is 55.0 Å². The first-order valence-electron chi connectivity index (χ1n) is 7.31. The molecule has 0 radical (unpaired) electrons. The summed E-state index contributed by atoms with van der Waals surface area (Å²) in [5.41, 5.74) is -0.876. The highest BCUT2D eigenvalue weighted by Gasteiger charge is 2.75. The molecule has 0 aromatic rings. The number of esters is 1. The summed E-state index contributed by atoms with van der Waals surface area (Å²) in [6, 6.07) is 0. The van der Waals surface area contributed by atoms with Gasteiger partial charge in [0.05, 0.1) is 6.61 Å². The molecule has 0 aromatic carbocycles. The molecule has 3 aliphatic rings. The normalized spacial score (nSPS) is 46.4. The maximum atomic E-state index is 12.2. The zero-order chi connectivity index (χ0) is 14.4. The van der Waals surface area contributed by atoms with E-state index in [2.05, 4.69) is 6.92 Å². The summed E-state index contributed by atoms with van der Waals surface area (Å²) in [5.74, 6) is -1.99. The minimum Gasteiger partial charge on any atom is -0.462 e. The Labute approximate surface area is 118 Å². The van der Waals surface area contributed by atoms with Crippen LogP contribution in [0, 0.1) is 5.92 Å². The summed E-state index contributed by atoms with van der Waals surface area (Å²) < 4.78 is 22.5. The van der Waals surface area contributed by atoms with Crippen molar-refractivity contribution in [2.24, 2.45) is 5.92 Å². The molecule has 5 atom stereocenters. The molecule has 6 nitrogen and oxygen atoms in total. The highest BCUT2D eigenvalue weighted by molar-refractivity contribution is 5.78. The number of carbonyl (C=O) groups is 1. The number of unbranched alkanes of at least 4 members (excludes halogenated alkanes) is 2. The third-order valence-electron chi connectivity index (χ3n) is 4.76. The minimum absolute atomic E-state index is 0.136. The molecule has 0 aromatic heterocycles. The van der Waals surface area contributed by atoms with Gasteiger partial charge in [0.25, 0.3) is 0 Å². The average Bonchev–Trinajstić information content (AvgIpc) is 3.02. The van der Waals surface area contributed by atoms with Crippen LogP contribution >= 0.6 is 0 Å². The highest BCUT2D eigenvalue weighted by atomic mass is 16.7. The average molecular weight is 286 g/mol. The maximum Gasteiger partial charge on any atom is 0.317 e. The van der Waals surface area contributed by atoms with E-state index in [0.717, 1.165) is 19.3 Å². The number of hydrogen-bond donors (Lipinski definition) is 1. The lowest BCUT2D eigenvalue weighted by atomic mass is 9.81. The van der Waals surface area contributed by atoms with Gasteiger partial charge < -0.3 is 24.1 Å². The van der Waals surface area contributed by atoms with E-state index >= 15 is 0 Å². The number of cyclic esters (lactones) is 1. The third kappa shape index (κ3) is 1.75. The number of ether oxygens (including phenoxy) is 4. The predicted molar refractivity (Wildman–Crippen MR) is 67.9 cm³/mol. The van der Waals surface area contributed by atoms with Crippen molar-refractivity contribution in [1.82, 2.24) is 0 Å². The Balaban J connectivity index is 1.90. The van der Waals surface area contributed by atoms with Crippen LogP contribution in [0.2, 0.25) is 0 Å². The van der Waals surface area contributed by atoms with Crippen LogP contribution in [0.3, 0.4) is 0 Å². The lowest BCUT2D eigenvalue weighted by molar-refractivity contribution is -0.247. The molecule has 3 rings (SSSR count). The maximum absolute atomic E-state index is 12.2. The molecule has 3 saturated heterocycles. The Morgan fingerprint density at radius 3 is 2.95 bits per heavy atom. The Bertz CT molecular complexity index is 399. The fourth-order valence-corrected chi connectivity index (χ4v) is 3.76. The van der Waals surface area contributed by atoms with Gasteiger partial charge in [-0.1, -0.05) is 19.8 Å². The van der Waals surface area contributed by atoms with E-state index in [-0.39, 0.29) is 19.2 Å². The summed E-state index contributed by atoms with van der Waals surface area (Å²) >= 11 is 0. The zero-order valence-electron chi connectivity index (χ0n) is 12.0. The van der Waals surface area contributed by atoms with Crippen LogP contribution in [0.4, 0.5) is 0 Å². The van der Waals surface area contributed by atoms with E-state index < -0.39 is 29.5 Å². The molecule has 0 aliphatic carbocycles. The number of aliphatic hydroxyl groups is 1. The van der Waals surface area contributed by atoms with Crippen molar-refractivity contribution < 1.29 is 28.8 Å². The van der Waals surface area contributed by atoms with Crippen LogP contribution in [0.1, 0.15) is 32.6 Å². The molecule has 0 saturated carbocycles. The van der Waals surface area contributed by atoms with E-state index in [4.69, 9.17) is 18.9 Å². The lowest BCUT2D eigenvalue weighted by Crippen LogP contribution is -2.48. The fourth-order valence-electron chi connectivity index (χ4n) is 3.76. The van der Waals surface area contributed by atoms with Crippen LogP contribution in [0.5, 0.6) is 0 Å². The van der Waals surface area contributed by atoms with Gasteiger partial charge in [0.1, 0.15) is 30.3 Å². The van der Waals surface area contributed by atoms with Crippen LogP contribution in [0.25, 0.3) is 0 Å². The van der Waals surface area contributed by atoms with Gasteiger partial charge in [-0.05, 0) is 6.42 Å². The van der Waals surface area contributed by atoms with Crippen molar-refractivity contribution in [1.29, 1.82) is 0 Å².